The topological polar surface area (TPSA) is 61.4 Å². The van der Waals surface area contributed by atoms with Crippen LogP contribution in [0.4, 0.5) is 23.7 Å². The number of anilines is 1. The molecule has 0 atom stereocenters. The Kier molecular flexibility index (Phi) is 4.88. The molecule has 8 heteroatoms. The smallest absolute Gasteiger partial charge is 0.394 e. The quantitative estimate of drug-likeness (QED) is 0.802. The molecule has 0 unspecified atom stereocenters. The zero-order valence-electron chi connectivity index (χ0n) is 10.8. The summed E-state index contributed by atoms with van der Waals surface area (Å²) in [6.07, 6.45) is -4.60. The van der Waals surface area contributed by atoms with Gasteiger partial charge in [-0.05, 0) is 32.0 Å². The summed E-state index contributed by atoms with van der Waals surface area (Å²) in [6, 6.07) is 2.33. The molecule has 0 spiro atoms. The zero-order valence-corrected chi connectivity index (χ0v) is 11.6. The van der Waals surface area contributed by atoms with Gasteiger partial charge in [-0.25, -0.2) is 4.79 Å². The summed E-state index contributed by atoms with van der Waals surface area (Å²) in [7, 11) is 0. The number of aliphatic hydroxyl groups is 1. The third kappa shape index (κ3) is 4.57. The van der Waals surface area contributed by atoms with Crippen molar-refractivity contribution in [1.29, 1.82) is 0 Å². The highest BCUT2D eigenvalue weighted by atomic mass is 35.5. The summed E-state index contributed by atoms with van der Waals surface area (Å²) in [6.45, 7) is 2.82. The Bertz CT molecular complexity index is 504. The van der Waals surface area contributed by atoms with Crippen LogP contribution in [-0.2, 0) is 6.18 Å². The number of hydrogen-bond acceptors (Lipinski definition) is 2. The minimum atomic E-state index is -4.60. The van der Waals surface area contributed by atoms with Crippen LogP contribution in [0.1, 0.15) is 19.4 Å². The molecule has 1 aromatic rings. The molecule has 3 N–H and O–H groups in total. The molecule has 0 saturated carbocycles. The van der Waals surface area contributed by atoms with Crippen molar-refractivity contribution in [3.63, 3.8) is 0 Å². The van der Waals surface area contributed by atoms with Gasteiger partial charge in [0, 0.05) is 5.69 Å². The number of benzene rings is 1. The van der Waals surface area contributed by atoms with Crippen molar-refractivity contribution in [3.8, 4) is 0 Å². The maximum atomic E-state index is 12.6. The number of rotatable bonds is 3. The first-order valence-electron chi connectivity index (χ1n) is 5.62. The summed E-state index contributed by atoms with van der Waals surface area (Å²) in [5.41, 5.74) is -1.96. The fourth-order valence-electron chi connectivity index (χ4n) is 1.33. The second kappa shape index (κ2) is 5.88. The van der Waals surface area contributed by atoms with E-state index in [1.54, 1.807) is 13.8 Å². The zero-order chi connectivity index (χ0) is 15.6. The Morgan fingerprint density at radius 3 is 2.45 bits per heavy atom. The molecule has 20 heavy (non-hydrogen) atoms. The van der Waals surface area contributed by atoms with E-state index < -0.39 is 28.3 Å². The Labute approximate surface area is 118 Å². The maximum absolute atomic E-state index is 12.6. The van der Waals surface area contributed by atoms with Crippen molar-refractivity contribution >= 4 is 23.3 Å². The number of carbonyl (C=O) groups excluding carboxylic acids is 1. The molecular formula is C12H14ClF3N2O2. The number of carbonyl (C=O) groups is 1. The van der Waals surface area contributed by atoms with E-state index in [9.17, 15) is 18.0 Å². The van der Waals surface area contributed by atoms with Crippen molar-refractivity contribution in [2.75, 3.05) is 11.9 Å². The molecule has 2 amide bonds. The van der Waals surface area contributed by atoms with E-state index >= 15 is 0 Å². The molecule has 1 aromatic carbocycles. The molecule has 0 bridgehead atoms. The molecule has 0 radical (unpaired) electrons. The first kappa shape index (κ1) is 16.6. The monoisotopic (exact) mass is 310 g/mol. The Morgan fingerprint density at radius 1 is 1.35 bits per heavy atom. The minimum Gasteiger partial charge on any atom is -0.394 e. The number of nitrogens with one attached hydrogen (secondary N) is 2. The highest BCUT2D eigenvalue weighted by molar-refractivity contribution is 6.31. The molecule has 0 aliphatic rings. The molecule has 0 aliphatic heterocycles. The van der Waals surface area contributed by atoms with Gasteiger partial charge in [0.1, 0.15) is 0 Å². The largest absolute Gasteiger partial charge is 0.417 e. The summed E-state index contributed by atoms with van der Waals surface area (Å²) in [4.78, 5) is 11.6. The van der Waals surface area contributed by atoms with Crippen molar-refractivity contribution < 1.29 is 23.1 Å². The summed E-state index contributed by atoms with van der Waals surface area (Å²) >= 11 is 5.46. The summed E-state index contributed by atoms with van der Waals surface area (Å²) in [5.74, 6) is 0. The number of hydrogen-bond donors (Lipinski definition) is 3. The molecule has 4 nitrogen and oxygen atoms in total. The van der Waals surface area contributed by atoms with Gasteiger partial charge in [-0.3, -0.25) is 0 Å². The lowest BCUT2D eigenvalue weighted by Gasteiger charge is -2.23. The highest BCUT2D eigenvalue weighted by Crippen LogP contribution is 2.36. The van der Waals surface area contributed by atoms with Gasteiger partial charge in [-0.2, -0.15) is 13.2 Å². The number of aliphatic hydroxyl groups excluding tert-OH is 1. The van der Waals surface area contributed by atoms with Gasteiger partial charge in [-0.15, -0.1) is 0 Å². The number of amides is 2. The standard InChI is InChI=1S/C12H14ClF3N2O2/c1-11(2,6-19)18-10(20)17-7-3-4-9(13)8(5-7)12(14,15)16/h3-5,19H,6H2,1-2H3,(H2,17,18,20). The normalized spacial score (nSPS) is 12.2. The molecule has 0 aromatic heterocycles. The molecular weight excluding hydrogens is 297 g/mol. The predicted octanol–water partition coefficient (Wildman–Crippen LogP) is 3.25. The SMILES string of the molecule is CC(C)(CO)NC(=O)Nc1ccc(Cl)c(C(F)(F)F)c1. The van der Waals surface area contributed by atoms with E-state index in [4.69, 9.17) is 16.7 Å². The lowest BCUT2D eigenvalue weighted by molar-refractivity contribution is -0.137. The lowest BCUT2D eigenvalue weighted by Crippen LogP contribution is -2.48. The van der Waals surface area contributed by atoms with E-state index in [0.29, 0.717) is 0 Å². The Hall–Kier alpha value is -1.47. The second-order valence-electron chi connectivity index (χ2n) is 4.81. The van der Waals surface area contributed by atoms with Crippen LogP contribution >= 0.6 is 11.6 Å². The van der Waals surface area contributed by atoms with Gasteiger partial charge >= 0.3 is 12.2 Å². The highest BCUT2D eigenvalue weighted by Gasteiger charge is 2.33. The number of halogens is 4. The number of alkyl halides is 3. The third-order valence-corrected chi connectivity index (χ3v) is 2.71. The average Bonchev–Trinajstić information content (AvgIpc) is 2.29. The first-order valence-corrected chi connectivity index (χ1v) is 6.00. The fraction of sp³-hybridized carbons (Fsp3) is 0.417. The number of urea groups is 1. The van der Waals surface area contributed by atoms with E-state index in [0.717, 1.165) is 12.1 Å². The Morgan fingerprint density at radius 2 is 1.95 bits per heavy atom. The molecule has 0 fully saturated rings. The molecule has 0 saturated heterocycles. The molecule has 1 rings (SSSR count). The van der Waals surface area contributed by atoms with E-state index in [1.165, 1.54) is 6.07 Å². The van der Waals surface area contributed by atoms with Crippen LogP contribution in [0.25, 0.3) is 0 Å². The average molecular weight is 311 g/mol. The van der Waals surface area contributed by atoms with E-state index in [2.05, 4.69) is 10.6 Å². The van der Waals surface area contributed by atoms with Gasteiger partial charge < -0.3 is 15.7 Å². The van der Waals surface area contributed by atoms with Crippen LogP contribution < -0.4 is 10.6 Å². The van der Waals surface area contributed by atoms with Crippen molar-refractivity contribution in [2.45, 2.75) is 25.6 Å². The summed E-state index contributed by atoms with van der Waals surface area (Å²) < 4.78 is 37.9. The van der Waals surface area contributed by atoms with Gasteiger partial charge in [-0.1, -0.05) is 11.6 Å². The van der Waals surface area contributed by atoms with Gasteiger partial charge in [0.25, 0.3) is 0 Å². The lowest BCUT2D eigenvalue weighted by atomic mass is 10.1. The maximum Gasteiger partial charge on any atom is 0.417 e. The van der Waals surface area contributed by atoms with E-state index in [-0.39, 0.29) is 12.3 Å². The Balaban J connectivity index is 2.87. The fourth-order valence-corrected chi connectivity index (χ4v) is 1.55. The van der Waals surface area contributed by atoms with Crippen molar-refractivity contribution in [2.24, 2.45) is 0 Å². The van der Waals surface area contributed by atoms with Gasteiger partial charge in [0.2, 0.25) is 0 Å². The van der Waals surface area contributed by atoms with Crippen LogP contribution in [0.5, 0.6) is 0 Å². The van der Waals surface area contributed by atoms with Gasteiger partial charge in [0.15, 0.2) is 0 Å². The van der Waals surface area contributed by atoms with Crippen LogP contribution in [0.15, 0.2) is 18.2 Å². The minimum absolute atomic E-state index is 0.0482. The first-order chi connectivity index (χ1) is 9.05. The molecule has 0 heterocycles. The van der Waals surface area contributed by atoms with Crippen LogP contribution in [0, 0.1) is 0 Å². The third-order valence-electron chi connectivity index (χ3n) is 2.38. The second-order valence-corrected chi connectivity index (χ2v) is 5.22. The van der Waals surface area contributed by atoms with Crippen LogP contribution in [0.2, 0.25) is 5.02 Å². The van der Waals surface area contributed by atoms with E-state index in [1.807, 2.05) is 0 Å². The predicted molar refractivity (Wildman–Crippen MR) is 69.8 cm³/mol. The molecule has 112 valence electrons. The van der Waals surface area contributed by atoms with Crippen molar-refractivity contribution in [3.05, 3.63) is 28.8 Å². The van der Waals surface area contributed by atoms with Gasteiger partial charge in [0.05, 0.1) is 22.7 Å². The molecule has 0 aliphatic carbocycles. The van der Waals surface area contributed by atoms with Crippen molar-refractivity contribution in [1.82, 2.24) is 5.32 Å². The van der Waals surface area contributed by atoms with Crippen LogP contribution in [-0.4, -0.2) is 23.3 Å². The summed E-state index contributed by atoms with van der Waals surface area (Å²) in [5, 5.41) is 13.2. The van der Waals surface area contributed by atoms with Crippen LogP contribution in [0.3, 0.4) is 0 Å².